The number of nitrogens with zero attached hydrogens (tertiary/aromatic N) is 1. The summed E-state index contributed by atoms with van der Waals surface area (Å²) in [6.45, 7) is 14.9. The molecule has 0 amide bonds. The third kappa shape index (κ3) is 3.12. The molecule has 0 bridgehead atoms. The van der Waals surface area contributed by atoms with E-state index in [1.54, 1.807) is 0 Å². The maximum Gasteiger partial charge on any atom is 0.0577 e. The standard InChI is InChI=1S/C15H29NSi2/c1-7-18(8-2,9-3)15(17(4,5)6)14-11-10-12-16-13-14/h10-13,15H,7-9H2,1-6H3/t15-/m1/s1. The molecule has 0 aliphatic heterocycles. The summed E-state index contributed by atoms with van der Waals surface area (Å²) in [5, 5.41) is 0.846. The fraction of sp³-hybridized carbons (Fsp3) is 0.667. The van der Waals surface area contributed by atoms with Crippen LogP contribution in [0, 0.1) is 0 Å². The summed E-state index contributed by atoms with van der Waals surface area (Å²) >= 11 is 0. The molecular formula is C15H29NSi2. The van der Waals surface area contributed by atoms with Crippen LogP contribution >= 0.6 is 0 Å². The topological polar surface area (TPSA) is 12.9 Å². The first-order chi connectivity index (χ1) is 8.41. The lowest BCUT2D eigenvalue weighted by molar-refractivity contribution is 1.03. The summed E-state index contributed by atoms with van der Waals surface area (Å²) in [6, 6.07) is 8.65. The summed E-state index contributed by atoms with van der Waals surface area (Å²) in [6.07, 6.45) is 4.03. The highest BCUT2D eigenvalue weighted by Gasteiger charge is 2.44. The zero-order valence-electron chi connectivity index (χ0n) is 13.0. The van der Waals surface area contributed by atoms with Gasteiger partial charge in [0, 0.05) is 20.5 Å². The van der Waals surface area contributed by atoms with Gasteiger partial charge in [-0.15, -0.1) is 0 Å². The molecule has 0 aliphatic rings. The lowest BCUT2D eigenvalue weighted by Crippen LogP contribution is -2.51. The zero-order chi connectivity index (χ0) is 13.8. The van der Waals surface area contributed by atoms with Crippen molar-refractivity contribution in [3.8, 4) is 0 Å². The molecule has 18 heavy (non-hydrogen) atoms. The van der Waals surface area contributed by atoms with Crippen LogP contribution in [0.5, 0.6) is 0 Å². The Kier molecular flexibility index (Phi) is 5.35. The Morgan fingerprint density at radius 2 is 1.61 bits per heavy atom. The minimum Gasteiger partial charge on any atom is -0.264 e. The van der Waals surface area contributed by atoms with Gasteiger partial charge < -0.3 is 0 Å². The molecular weight excluding hydrogens is 250 g/mol. The van der Waals surface area contributed by atoms with Crippen LogP contribution in [-0.2, 0) is 0 Å². The zero-order valence-corrected chi connectivity index (χ0v) is 15.0. The molecule has 1 heterocycles. The Morgan fingerprint density at radius 3 is 1.94 bits per heavy atom. The highest BCUT2D eigenvalue weighted by atomic mass is 28.4. The Hall–Kier alpha value is -0.416. The van der Waals surface area contributed by atoms with E-state index in [4.69, 9.17) is 0 Å². The molecule has 0 saturated heterocycles. The van der Waals surface area contributed by atoms with E-state index >= 15 is 0 Å². The van der Waals surface area contributed by atoms with Crippen molar-refractivity contribution in [3.05, 3.63) is 30.1 Å². The fourth-order valence-electron chi connectivity index (χ4n) is 3.68. The van der Waals surface area contributed by atoms with Crippen LogP contribution in [0.25, 0.3) is 0 Å². The Bertz CT molecular complexity index is 344. The maximum absolute atomic E-state index is 4.38. The molecule has 1 rings (SSSR count). The van der Waals surface area contributed by atoms with Crippen LogP contribution in [0.2, 0.25) is 37.8 Å². The lowest BCUT2D eigenvalue weighted by atomic mass is 10.3. The SMILES string of the molecule is CC[Si](CC)(CC)[C@H](c1cccnc1)[Si](C)(C)C. The van der Waals surface area contributed by atoms with E-state index in [2.05, 4.69) is 63.7 Å². The second kappa shape index (κ2) is 6.15. The predicted octanol–water partition coefficient (Wildman–Crippen LogP) is 5.09. The van der Waals surface area contributed by atoms with E-state index in [1.165, 1.54) is 23.7 Å². The first-order valence-electron chi connectivity index (χ1n) is 7.31. The predicted molar refractivity (Wildman–Crippen MR) is 87.5 cm³/mol. The molecule has 102 valence electrons. The van der Waals surface area contributed by atoms with Crippen LogP contribution in [-0.4, -0.2) is 21.1 Å². The molecule has 1 aromatic heterocycles. The van der Waals surface area contributed by atoms with Crippen molar-refractivity contribution in [1.29, 1.82) is 0 Å². The van der Waals surface area contributed by atoms with E-state index in [0.717, 1.165) is 5.16 Å². The lowest BCUT2D eigenvalue weighted by Gasteiger charge is -2.44. The highest BCUT2D eigenvalue weighted by molar-refractivity contribution is 6.97. The van der Waals surface area contributed by atoms with Crippen molar-refractivity contribution in [2.45, 2.75) is 63.7 Å². The Balaban J connectivity index is 3.30. The number of pyridine rings is 1. The second-order valence-corrected chi connectivity index (χ2v) is 17.8. The summed E-state index contributed by atoms with van der Waals surface area (Å²) in [5.74, 6) is 0. The smallest absolute Gasteiger partial charge is 0.0577 e. The number of aromatic nitrogens is 1. The van der Waals surface area contributed by atoms with E-state index in [-0.39, 0.29) is 0 Å². The number of hydrogen-bond donors (Lipinski definition) is 0. The minimum atomic E-state index is -1.20. The molecule has 0 aliphatic carbocycles. The van der Waals surface area contributed by atoms with Gasteiger partial charge in [0.15, 0.2) is 0 Å². The van der Waals surface area contributed by atoms with Crippen LogP contribution in [0.15, 0.2) is 24.5 Å². The third-order valence-electron chi connectivity index (χ3n) is 4.61. The summed E-state index contributed by atoms with van der Waals surface area (Å²) in [4.78, 5) is 4.38. The van der Waals surface area contributed by atoms with Gasteiger partial charge in [-0.2, -0.15) is 0 Å². The molecule has 1 aromatic rings. The summed E-state index contributed by atoms with van der Waals surface area (Å²) in [7, 11) is -2.41. The largest absolute Gasteiger partial charge is 0.264 e. The number of hydrogen-bond acceptors (Lipinski definition) is 1. The van der Waals surface area contributed by atoms with E-state index < -0.39 is 16.1 Å². The van der Waals surface area contributed by atoms with Gasteiger partial charge in [-0.1, -0.05) is 64.6 Å². The highest BCUT2D eigenvalue weighted by Crippen LogP contribution is 2.41. The third-order valence-corrected chi connectivity index (χ3v) is 16.9. The van der Waals surface area contributed by atoms with Crippen molar-refractivity contribution < 1.29 is 0 Å². The fourth-order valence-corrected chi connectivity index (χ4v) is 17.6. The number of rotatable bonds is 6. The van der Waals surface area contributed by atoms with Gasteiger partial charge in [0.1, 0.15) is 0 Å². The first kappa shape index (κ1) is 15.6. The molecule has 0 saturated carbocycles. The maximum atomic E-state index is 4.38. The first-order valence-corrected chi connectivity index (χ1v) is 13.6. The minimum absolute atomic E-state index is 0.846. The molecule has 0 aromatic carbocycles. The quantitative estimate of drug-likeness (QED) is 0.661. The molecule has 1 nitrogen and oxygen atoms in total. The van der Waals surface area contributed by atoms with Crippen molar-refractivity contribution >= 4 is 16.1 Å². The molecule has 0 unspecified atom stereocenters. The molecule has 0 N–H and O–H groups in total. The average molecular weight is 280 g/mol. The van der Waals surface area contributed by atoms with Crippen molar-refractivity contribution in [2.75, 3.05) is 0 Å². The van der Waals surface area contributed by atoms with Crippen LogP contribution in [0.1, 0.15) is 31.5 Å². The van der Waals surface area contributed by atoms with Crippen LogP contribution in [0.4, 0.5) is 0 Å². The monoisotopic (exact) mass is 279 g/mol. The molecule has 0 fully saturated rings. The van der Waals surface area contributed by atoms with Crippen molar-refractivity contribution in [1.82, 2.24) is 4.98 Å². The summed E-state index contributed by atoms with van der Waals surface area (Å²) < 4.78 is 0. The molecule has 0 spiro atoms. The normalized spacial score (nSPS) is 14.6. The van der Waals surface area contributed by atoms with Gasteiger partial charge in [0.2, 0.25) is 0 Å². The van der Waals surface area contributed by atoms with Gasteiger partial charge in [0.25, 0.3) is 0 Å². The molecule has 0 radical (unpaired) electrons. The average Bonchev–Trinajstić information content (AvgIpc) is 2.35. The van der Waals surface area contributed by atoms with E-state index in [1.807, 2.05) is 6.20 Å². The molecule has 1 atom stereocenters. The van der Waals surface area contributed by atoms with Gasteiger partial charge >= 0.3 is 0 Å². The van der Waals surface area contributed by atoms with Crippen molar-refractivity contribution in [2.24, 2.45) is 0 Å². The van der Waals surface area contributed by atoms with E-state index in [9.17, 15) is 0 Å². The Morgan fingerprint density at radius 1 is 1.06 bits per heavy atom. The van der Waals surface area contributed by atoms with E-state index in [0.29, 0.717) is 0 Å². The van der Waals surface area contributed by atoms with Crippen molar-refractivity contribution in [3.63, 3.8) is 0 Å². The van der Waals surface area contributed by atoms with Gasteiger partial charge in [-0.05, 0) is 16.8 Å². The van der Waals surface area contributed by atoms with Crippen LogP contribution < -0.4 is 0 Å². The van der Waals surface area contributed by atoms with Crippen LogP contribution in [0.3, 0.4) is 0 Å². The molecule has 3 heteroatoms. The Labute approximate surface area is 115 Å². The summed E-state index contributed by atoms with van der Waals surface area (Å²) in [5.41, 5.74) is 1.52. The van der Waals surface area contributed by atoms with Gasteiger partial charge in [-0.25, -0.2) is 0 Å². The van der Waals surface area contributed by atoms with Gasteiger partial charge in [0.05, 0.1) is 8.07 Å². The second-order valence-electron chi connectivity index (χ2n) is 6.51. The van der Waals surface area contributed by atoms with Gasteiger partial charge in [-0.3, -0.25) is 4.98 Å².